The Kier molecular flexibility index (Phi) is 6.00. The van der Waals surface area contributed by atoms with Gasteiger partial charge in [-0.25, -0.2) is 0 Å². The molecule has 0 saturated carbocycles. The number of hydrogen-bond donors (Lipinski definition) is 0. The van der Waals surface area contributed by atoms with Gasteiger partial charge in [-0.1, -0.05) is 115 Å². The van der Waals surface area contributed by atoms with Crippen molar-refractivity contribution in [2.24, 2.45) is 0 Å². The molecule has 2 aromatic heterocycles. The quantitative estimate of drug-likeness (QED) is 0.186. The van der Waals surface area contributed by atoms with Gasteiger partial charge in [0, 0.05) is 42.6 Å². The Morgan fingerprint density at radius 2 is 1.21 bits per heavy atom. The van der Waals surface area contributed by atoms with Crippen LogP contribution in [-0.4, -0.2) is 4.57 Å². The fourth-order valence-electron chi connectivity index (χ4n) is 8.04. The van der Waals surface area contributed by atoms with Gasteiger partial charge in [-0.3, -0.25) is 0 Å². The van der Waals surface area contributed by atoms with E-state index in [1.165, 1.54) is 86.6 Å². The summed E-state index contributed by atoms with van der Waals surface area (Å²) in [6.45, 7) is 0. The van der Waals surface area contributed by atoms with Gasteiger partial charge in [-0.15, -0.1) is 11.3 Å². The molecule has 1 atom stereocenters. The van der Waals surface area contributed by atoms with E-state index in [9.17, 15) is 0 Å². The van der Waals surface area contributed by atoms with E-state index >= 15 is 0 Å². The number of thiophene rings is 1. The zero-order chi connectivity index (χ0) is 30.9. The Labute approximate surface area is 278 Å². The number of benzene rings is 7. The summed E-state index contributed by atoms with van der Waals surface area (Å²) in [5, 5.41) is 5.22. The first-order chi connectivity index (χ1) is 23.3. The van der Waals surface area contributed by atoms with Crippen molar-refractivity contribution in [2.45, 2.75) is 18.8 Å². The summed E-state index contributed by atoms with van der Waals surface area (Å²) >= 11 is 1.87. The van der Waals surface area contributed by atoms with Gasteiger partial charge in [0.05, 0.1) is 11.0 Å². The molecule has 0 N–H and O–H groups in total. The predicted molar refractivity (Wildman–Crippen MR) is 201 cm³/mol. The van der Waals surface area contributed by atoms with E-state index < -0.39 is 0 Å². The van der Waals surface area contributed by atoms with Crippen molar-refractivity contribution in [3.8, 4) is 27.9 Å². The van der Waals surface area contributed by atoms with Crippen LogP contribution in [0.4, 0.5) is 0 Å². The third-order valence-corrected chi connectivity index (χ3v) is 11.4. The van der Waals surface area contributed by atoms with Crippen molar-refractivity contribution in [1.82, 2.24) is 4.57 Å². The average Bonchev–Trinajstić information content (AvgIpc) is 3.61. The van der Waals surface area contributed by atoms with Gasteiger partial charge >= 0.3 is 0 Å². The van der Waals surface area contributed by atoms with E-state index in [0.29, 0.717) is 5.92 Å². The Balaban J connectivity index is 1.15. The Morgan fingerprint density at radius 3 is 2.15 bits per heavy atom. The van der Waals surface area contributed by atoms with E-state index in [4.69, 9.17) is 0 Å². The second-order valence-corrected chi connectivity index (χ2v) is 13.9. The monoisotopic (exact) mass is 617 g/mol. The number of para-hydroxylation sites is 1. The number of rotatable bonds is 3. The maximum Gasteiger partial charge on any atom is 0.0547 e. The number of hydrogen-bond acceptors (Lipinski definition) is 1. The summed E-state index contributed by atoms with van der Waals surface area (Å²) in [5.74, 6) is 0.396. The lowest BCUT2D eigenvalue weighted by atomic mass is 9.86. The molecule has 10 rings (SSSR count). The summed E-state index contributed by atoms with van der Waals surface area (Å²) in [4.78, 5) is 0. The van der Waals surface area contributed by atoms with Crippen LogP contribution < -0.4 is 0 Å². The number of aryl methyl sites for hydroxylation is 1. The molecule has 2 heterocycles. The highest BCUT2D eigenvalue weighted by atomic mass is 32.1. The smallest absolute Gasteiger partial charge is 0.0547 e. The van der Waals surface area contributed by atoms with Crippen LogP contribution >= 0.6 is 11.3 Å². The summed E-state index contributed by atoms with van der Waals surface area (Å²) in [5.41, 5.74) is 13.2. The largest absolute Gasteiger partial charge is 0.309 e. The molecular weight excluding hydrogens is 587 g/mol. The van der Waals surface area contributed by atoms with Crippen molar-refractivity contribution < 1.29 is 0 Å². The van der Waals surface area contributed by atoms with Crippen LogP contribution in [0.15, 0.2) is 158 Å². The van der Waals surface area contributed by atoms with Crippen molar-refractivity contribution in [3.05, 3.63) is 174 Å². The first kappa shape index (κ1) is 26.7. The molecule has 0 fully saturated rings. The second kappa shape index (κ2) is 10.6. The molecule has 0 aliphatic heterocycles. The minimum absolute atomic E-state index is 0.396. The minimum atomic E-state index is 0.396. The van der Waals surface area contributed by atoms with Gasteiger partial charge in [0.1, 0.15) is 0 Å². The molecular formula is C45H31NS. The van der Waals surface area contributed by atoms with Crippen LogP contribution in [0.2, 0.25) is 0 Å². The molecule has 0 spiro atoms. The number of aromatic nitrogens is 1. The molecule has 0 bridgehead atoms. The van der Waals surface area contributed by atoms with E-state index in [-0.39, 0.29) is 0 Å². The standard InChI is InChI=1S/C45H31NS/c1-2-10-29(11-3-1)34-23-20-30-18-19-31(26-40(30)36-13-5-4-12-35(34)36)32-21-24-38-37-14-6-8-16-42(37)46(43(38)27-32)33-22-25-45-41(28-33)39-15-7-9-17-44(39)47-45/h1-19,21-22,24-28,34H,20,23H2. The summed E-state index contributed by atoms with van der Waals surface area (Å²) in [6, 6.07) is 58.9. The minimum Gasteiger partial charge on any atom is -0.309 e. The molecule has 1 aliphatic rings. The lowest BCUT2D eigenvalue weighted by Crippen LogP contribution is -2.01. The van der Waals surface area contributed by atoms with Crippen molar-refractivity contribution in [2.75, 3.05) is 0 Å². The van der Waals surface area contributed by atoms with E-state index in [2.05, 4.69) is 162 Å². The Morgan fingerprint density at radius 1 is 0.489 bits per heavy atom. The van der Waals surface area contributed by atoms with Crippen LogP contribution in [0.3, 0.4) is 0 Å². The summed E-state index contributed by atoms with van der Waals surface area (Å²) < 4.78 is 5.13. The van der Waals surface area contributed by atoms with Crippen LogP contribution in [-0.2, 0) is 6.42 Å². The third-order valence-electron chi connectivity index (χ3n) is 10.3. The van der Waals surface area contributed by atoms with Gasteiger partial charge in [-0.2, -0.15) is 0 Å². The van der Waals surface area contributed by atoms with E-state index in [0.717, 1.165) is 12.8 Å². The highest BCUT2D eigenvalue weighted by Crippen LogP contribution is 2.43. The predicted octanol–water partition coefficient (Wildman–Crippen LogP) is 12.6. The molecule has 0 radical (unpaired) electrons. The third kappa shape index (κ3) is 4.22. The van der Waals surface area contributed by atoms with Gasteiger partial charge in [0.2, 0.25) is 0 Å². The first-order valence-corrected chi connectivity index (χ1v) is 17.3. The molecule has 7 aromatic carbocycles. The van der Waals surface area contributed by atoms with Crippen molar-refractivity contribution in [1.29, 1.82) is 0 Å². The second-order valence-electron chi connectivity index (χ2n) is 12.8. The summed E-state index contributed by atoms with van der Waals surface area (Å²) in [7, 11) is 0. The highest BCUT2D eigenvalue weighted by molar-refractivity contribution is 7.25. The molecule has 1 aliphatic carbocycles. The lowest BCUT2D eigenvalue weighted by Gasteiger charge is -2.18. The van der Waals surface area contributed by atoms with Gasteiger partial charge in [-0.05, 0) is 94.3 Å². The molecule has 1 unspecified atom stereocenters. The maximum absolute atomic E-state index is 2.46. The van der Waals surface area contributed by atoms with Gasteiger partial charge < -0.3 is 4.57 Å². The average molecular weight is 618 g/mol. The highest BCUT2D eigenvalue weighted by Gasteiger charge is 2.24. The molecule has 1 nitrogen and oxygen atoms in total. The fraction of sp³-hybridized carbons (Fsp3) is 0.0667. The van der Waals surface area contributed by atoms with Crippen LogP contribution in [0.25, 0.3) is 69.9 Å². The van der Waals surface area contributed by atoms with Crippen molar-refractivity contribution in [3.63, 3.8) is 0 Å². The SMILES string of the molecule is c1ccc(C2CCc3ccc(-c4ccc5c6ccccc6n(-c6ccc7sc8ccccc8c7c6)c5c4)cc3-c3ccccc32)cc1. The van der Waals surface area contributed by atoms with Crippen LogP contribution in [0.5, 0.6) is 0 Å². The summed E-state index contributed by atoms with van der Waals surface area (Å²) in [6.07, 6.45) is 2.18. The van der Waals surface area contributed by atoms with Crippen LogP contribution in [0.1, 0.15) is 29.0 Å². The molecule has 2 heteroatoms. The van der Waals surface area contributed by atoms with Gasteiger partial charge in [0.15, 0.2) is 0 Å². The number of nitrogens with zero attached hydrogens (tertiary/aromatic N) is 1. The fourth-order valence-corrected chi connectivity index (χ4v) is 9.13. The number of fused-ring (bicyclic) bond motifs is 9. The molecule has 47 heavy (non-hydrogen) atoms. The zero-order valence-corrected chi connectivity index (χ0v) is 26.7. The molecule has 222 valence electrons. The first-order valence-electron chi connectivity index (χ1n) is 16.5. The van der Waals surface area contributed by atoms with Gasteiger partial charge in [0.25, 0.3) is 0 Å². The van der Waals surface area contributed by atoms with E-state index in [1.807, 2.05) is 11.3 Å². The Hall–Kier alpha value is -5.44. The zero-order valence-electron chi connectivity index (χ0n) is 25.9. The molecule has 0 saturated heterocycles. The Bertz CT molecular complexity index is 2640. The normalized spacial score (nSPS) is 14.4. The van der Waals surface area contributed by atoms with Crippen LogP contribution in [0, 0.1) is 0 Å². The van der Waals surface area contributed by atoms with Crippen molar-refractivity contribution >= 4 is 53.3 Å². The maximum atomic E-state index is 2.46. The topological polar surface area (TPSA) is 4.93 Å². The lowest BCUT2D eigenvalue weighted by molar-refractivity contribution is 0.726. The van der Waals surface area contributed by atoms with E-state index in [1.54, 1.807) is 0 Å². The molecule has 0 amide bonds. The molecule has 9 aromatic rings.